The largest absolute Gasteiger partial charge is 0.457 e. The fourth-order valence-electron chi connectivity index (χ4n) is 4.90. The topological polar surface area (TPSA) is 82.3 Å². The van der Waals surface area contributed by atoms with E-state index < -0.39 is 29.8 Å². The van der Waals surface area contributed by atoms with E-state index in [0.29, 0.717) is 40.3 Å². The lowest BCUT2D eigenvalue weighted by molar-refractivity contribution is -0.127. The molecule has 8 heteroatoms. The van der Waals surface area contributed by atoms with E-state index in [1.165, 1.54) is 18.5 Å². The van der Waals surface area contributed by atoms with Crippen LogP contribution in [-0.2, 0) is 10.3 Å². The van der Waals surface area contributed by atoms with E-state index in [9.17, 15) is 4.39 Å². The van der Waals surface area contributed by atoms with E-state index in [-0.39, 0.29) is 0 Å². The second-order valence-electron chi connectivity index (χ2n) is 8.29. The summed E-state index contributed by atoms with van der Waals surface area (Å²) in [7, 11) is 0. The number of hydrogen-bond donors (Lipinski definition) is 2. The van der Waals surface area contributed by atoms with Gasteiger partial charge in [0.2, 0.25) is 11.9 Å². The number of ether oxygens (including phenoxy) is 2. The van der Waals surface area contributed by atoms with Gasteiger partial charge in [-0.1, -0.05) is 30.3 Å². The summed E-state index contributed by atoms with van der Waals surface area (Å²) in [5.41, 5.74) is 8.15. The van der Waals surface area contributed by atoms with E-state index >= 15 is 4.39 Å². The molecule has 2 aliphatic rings. The molecule has 0 bridgehead atoms. The molecule has 2 aromatic heterocycles. The molecule has 170 valence electrons. The summed E-state index contributed by atoms with van der Waals surface area (Å²) in [4.78, 5) is 7.51. The molecule has 3 N–H and O–H groups in total. The molecule has 0 aliphatic carbocycles. The van der Waals surface area contributed by atoms with Crippen molar-refractivity contribution in [2.45, 2.75) is 17.9 Å². The quantitative estimate of drug-likeness (QED) is 0.433. The maximum Gasteiger partial charge on any atom is 0.217 e. The first-order valence-electron chi connectivity index (χ1n) is 10.9. The predicted molar refractivity (Wildman–Crippen MR) is 121 cm³/mol. The summed E-state index contributed by atoms with van der Waals surface area (Å²) >= 11 is 0. The standard InChI is InChI=1S/C26H20F2N4O2/c27-22-13-16(9-11-30-22)15-7-8-21-19(12-15)26(18-5-1-2-6-20(18)33-21)24(32-14-23(29)34-26)17-4-3-10-31-25(17)28/h1-13,23-24,32H,14,29H2. The molecule has 3 atom stereocenters. The number of benzene rings is 2. The van der Waals surface area contributed by atoms with Crippen LogP contribution in [0.5, 0.6) is 11.5 Å². The molecule has 0 radical (unpaired) electrons. The highest BCUT2D eigenvalue weighted by molar-refractivity contribution is 5.69. The van der Waals surface area contributed by atoms with Gasteiger partial charge in [0.1, 0.15) is 23.3 Å². The highest BCUT2D eigenvalue weighted by atomic mass is 19.1. The zero-order valence-corrected chi connectivity index (χ0v) is 17.9. The minimum Gasteiger partial charge on any atom is -0.457 e. The van der Waals surface area contributed by atoms with Crippen molar-refractivity contribution in [1.29, 1.82) is 0 Å². The molecular weight excluding hydrogens is 438 g/mol. The first-order valence-corrected chi connectivity index (χ1v) is 10.9. The van der Waals surface area contributed by atoms with Gasteiger partial charge in [0.25, 0.3) is 0 Å². The number of morpholine rings is 1. The monoisotopic (exact) mass is 458 g/mol. The first kappa shape index (κ1) is 20.9. The number of rotatable bonds is 2. The number of nitrogens with one attached hydrogen (secondary N) is 1. The van der Waals surface area contributed by atoms with Crippen LogP contribution in [0.1, 0.15) is 22.7 Å². The van der Waals surface area contributed by atoms with Crippen LogP contribution in [0.3, 0.4) is 0 Å². The van der Waals surface area contributed by atoms with Gasteiger partial charge in [-0.05, 0) is 41.5 Å². The van der Waals surface area contributed by atoms with Crippen LogP contribution < -0.4 is 15.8 Å². The molecule has 1 spiro atoms. The van der Waals surface area contributed by atoms with Gasteiger partial charge >= 0.3 is 0 Å². The number of nitrogens with zero attached hydrogens (tertiary/aromatic N) is 2. The van der Waals surface area contributed by atoms with Gasteiger partial charge < -0.3 is 20.5 Å². The second kappa shape index (κ2) is 7.95. The van der Waals surface area contributed by atoms with Gasteiger partial charge in [-0.3, -0.25) is 0 Å². The number of hydrogen-bond acceptors (Lipinski definition) is 6. The van der Waals surface area contributed by atoms with Crippen molar-refractivity contribution in [2.24, 2.45) is 5.73 Å². The third kappa shape index (κ3) is 3.19. The second-order valence-corrected chi connectivity index (χ2v) is 8.29. The van der Waals surface area contributed by atoms with Crippen molar-refractivity contribution in [1.82, 2.24) is 15.3 Å². The van der Waals surface area contributed by atoms with Crippen molar-refractivity contribution >= 4 is 0 Å². The summed E-state index contributed by atoms with van der Waals surface area (Å²) in [6, 6.07) is 18.8. The Bertz CT molecular complexity index is 1400. The minimum absolute atomic E-state index is 0.314. The number of aromatic nitrogens is 2. The van der Waals surface area contributed by atoms with E-state index in [4.69, 9.17) is 15.2 Å². The number of halogens is 2. The van der Waals surface area contributed by atoms with Crippen molar-refractivity contribution < 1.29 is 18.3 Å². The smallest absolute Gasteiger partial charge is 0.217 e. The normalized spacial score (nSPS) is 23.1. The van der Waals surface area contributed by atoms with E-state index in [1.54, 1.807) is 24.3 Å². The van der Waals surface area contributed by atoms with Crippen molar-refractivity contribution in [3.8, 4) is 22.6 Å². The van der Waals surface area contributed by atoms with Crippen molar-refractivity contribution in [3.05, 3.63) is 108 Å². The Kier molecular flexibility index (Phi) is 4.88. The van der Waals surface area contributed by atoms with Gasteiger partial charge in [-0.2, -0.15) is 8.78 Å². The van der Waals surface area contributed by atoms with E-state index in [1.807, 2.05) is 36.4 Å². The number of para-hydroxylation sites is 1. The van der Waals surface area contributed by atoms with Gasteiger partial charge in [0.15, 0.2) is 0 Å². The molecule has 4 heterocycles. The maximum absolute atomic E-state index is 15.0. The van der Waals surface area contributed by atoms with E-state index in [0.717, 1.165) is 5.56 Å². The first-order chi connectivity index (χ1) is 16.6. The van der Waals surface area contributed by atoms with Crippen molar-refractivity contribution in [2.75, 3.05) is 6.54 Å². The van der Waals surface area contributed by atoms with Crippen LogP contribution in [0.15, 0.2) is 79.1 Å². The van der Waals surface area contributed by atoms with Crippen molar-refractivity contribution in [3.63, 3.8) is 0 Å². The Labute approximate surface area is 194 Å². The molecule has 0 amide bonds. The molecule has 34 heavy (non-hydrogen) atoms. The molecule has 0 saturated carbocycles. The lowest BCUT2D eigenvalue weighted by atomic mass is 9.73. The lowest BCUT2D eigenvalue weighted by Gasteiger charge is -2.49. The average Bonchev–Trinajstić information content (AvgIpc) is 2.85. The van der Waals surface area contributed by atoms with E-state index in [2.05, 4.69) is 15.3 Å². The number of fused-ring (bicyclic) bond motifs is 4. The Morgan fingerprint density at radius 1 is 0.882 bits per heavy atom. The molecule has 2 aliphatic heterocycles. The number of pyridine rings is 2. The highest BCUT2D eigenvalue weighted by Gasteiger charge is 2.54. The molecule has 3 unspecified atom stereocenters. The van der Waals surface area contributed by atoms with Gasteiger partial charge in [-0.25, -0.2) is 9.97 Å². The van der Waals surface area contributed by atoms with Crippen LogP contribution in [-0.4, -0.2) is 22.7 Å². The number of nitrogens with two attached hydrogens (primary N) is 1. The summed E-state index contributed by atoms with van der Waals surface area (Å²) in [6.45, 7) is 0.314. The molecule has 4 aromatic rings. The summed E-state index contributed by atoms with van der Waals surface area (Å²) in [5.74, 6) is -0.0548. The summed E-state index contributed by atoms with van der Waals surface area (Å²) < 4.78 is 41.7. The molecule has 2 aromatic carbocycles. The Hall–Kier alpha value is -3.72. The molecule has 1 fully saturated rings. The fourth-order valence-corrected chi connectivity index (χ4v) is 4.90. The van der Waals surface area contributed by atoms with Crippen LogP contribution in [0.2, 0.25) is 0 Å². The summed E-state index contributed by atoms with van der Waals surface area (Å²) in [6.07, 6.45) is 2.15. The predicted octanol–water partition coefficient (Wildman–Crippen LogP) is 4.42. The lowest BCUT2D eigenvalue weighted by Crippen LogP contribution is -2.58. The van der Waals surface area contributed by atoms with Gasteiger partial charge in [-0.15, -0.1) is 0 Å². The molecule has 6 nitrogen and oxygen atoms in total. The van der Waals surface area contributed by atoms with Crippen LogP contribution >= 0.6 is 0 Å². The zero-order chi connectivity index (χ0) is 23.3. The van der Waals surface area contributed by atoms with Crippen LogP contribution in [0.4, 0.5) is 8.78 Å². The Morgan fingerprint density at radius 3 is 2.56 bits per heavy atom. The molecule has 1 saturated heterocycles. The Morgan fingerprint density at radius 2 is 1.71 bits per heavy atom. The zero-order valence-electron chi connectivity index (χ0n) is 17.9. The molecule has 6 rings (SSSR count). The summed E-state index contributed by atoms with van der Waals surface area (Å²) in [5, 5.41) is 3.38. The van der Waals surface area contributed by atoms with Gasteiger partial charge in [0, 0.05) is 41.7 Å². The van der Waals surface area contributed by atoms with Gasteiger partial charge in [0.05, 0.1) is 6.04 Å². The molecular formula is C26H20F2N4O2. The fraction of sp³-hybridized carbons (Fsp3) is 0.154. The maximum atomic E-state index is 15.0. The van der Waals surface area contributed by atoms with Crippen LogP contribution in [0.25, 0.3) is 11.1 Å². The highest BCUT2D eigenvalue weighted by Crippen LogP contribution is 2.56. The average molecular weight is 458 g/mol. The SMILES string of the molecule is NC1CNC(c2cccnc2F)C2(O1)c1ccccc1Oc1ccc(-c3ccnc(F)c3)cc12. The Balaban J connectivity index is 1.64. The minimum atomic E-state index is -1.23. The third-order valence-electron chi connectivity index (χ3n) is 6.31. The third-order valence-corrected chi connectivity index (χ3v) is 6.31. The van der Waals surface area contributed by atoms with Crippen LogP contribution in [0, 0.1) is 11.9 Å².